The quantitative estimate of drug-likeness (QED) is 0.567. The Morgan fingerprint density at radius 3 is 2.18 bits per heavy atom. The van der Waals surface area contributed by atoms with Gasteiger partial charge in [0, 0.05) is 0 Å². The molecule has 1 aromatic rings. The minimum Gasteiger partial charge on any atom is -0.252 e. The first kappa shape index (κ1) is 6.34. The van der Waals surface area contributed by atoms with Crippen LogP contribution in [-0.4, -0.2) is 5.01 Å². The van der Waals surface area contributed by atoms with Crippen LogP contribution in [0.5, 0.6) is 0 Å². The molecule has 56 valence electrons. The van der Waals surface area contributed by atoms with Crippen molar-refractivity contribution < 1.29 is 0 Å². The third-order valence-corrected chi connectivity index (χ3v) is 1.94. The van der Waals surface area contributed by atoms with Crippen molar-refractivity contribution >= 4 is 0 Å². The van der Waals surface area contributed by atoms with E-state index in [1.54, 1.807) is 0 Å². The Bertz CT molecular complexity index is 260. The van der Waals surface area contributed by atoms with Gasteiger partial charge in [0.2, 0.25) is 0 Å². The van der Waals surface area contributed by atoms with E-state index in [1.165, 1.54) is 16.1 Å². The summed E-state index contributed by atoms with van der Waals surface area (Å²) in [5.41, 5.74) is 2.43. The van der Waals surface area contributed by atoms with Crippen LogP contribution in [0.1, 0.15) is 11.1 Å². The van der Waals surface area contributed by atoms with Crippen LogP contribution < -0.4 is 0 Å². The van der Waals surface area contributed by atoms with Crippen molar-refractivity contribution in [2.45, 2.75) is 13.1 Å². The Morgan fingerprint density at radius 2 is 1.73 bits per heavy atom. The number of hydrogen-bond acceptors (Lipinski definition) is 2. The van der Waals surface area contributed by atoms with Crippen LogP contribution in [0, 0.1) is 4.91 Å². The first-order chi connectivity index (χ1) is 5.40. The predicted octanol–water partition coefficient (Wildman–Crippen LogP) is 1.68. The van der Waals surface area contributed by atoms with Crippen LogP contribution in [0.3, 0.4) is 0 Å². The molecule has 0 saturated heterocycles. The largest absolute Gasteiger partial charge is 0.252 e. The van der Waals surface area contributed by atoms with Crippen molar-refractivity contribution in [3.8, 4) is 0 Å². The minimum absolute atomic E-state index is 0.666. The maximum absolute atomic E-state index is 10.2. The van der Waals surface area contributed by atoms with Crippen LogP contribution in [0.4, 0.5) is 0 Å². The van der Waals surface area contributed by atoms with Crippen molar-refractivity contribution in [3.63, 3.8) is 0 Å². The molecule has 0 saturated carbocycles. The lowest BCUT2D eigenvalue weighted by molar-refractivity contribution is 0.296. The minimum atomic E-state index is 0.666. The number of fused-ring (bicyclic) bond motifs is 1. The Morgan fingerprint density at radius 1 is 1.18 bits per heavy atom. The summed E-state index contributed by atoms with van der Waals surface area (Å²) in [6.07, 6.45) is 0. The maximum Gasteiger partial charge on any atom is 0.0650 e. The van der Waals surface area contributed by atoms with Crippen LogP contribution in [0.2, 0.25) is 0 Å². The van der Waals surface area contributed by atoms with E-state index in [4.69, 9.17) is 0 Å². The van der Waals surface area contributed by atoms with Crippen molar-refractivity contribution in [1.82, 2.24) is 5.01 Å². The first-order valence-corrected chi connectivity index (χ1v) is 3.55. The Hall–Kier alpha value is -1.38. The molecule has 1 aromatic carbocycles. The fourth-order valence-electron chi connectivity index (χ4n) is 1.37. The predicted molar refractivity (Wildman–Crippen MR) is 41.5 cm³/mol. The molecule has 3 nitrogen and oxygen atoms in total. The number of rotatable bonds is 1. The van der Waals surface area contributed by atoms with Crippen molar-refractivity contribution in [2.24, 2.45) is 5.29 Å². The molecule has 1 heterocycles. The number of nitrogens with zero attached hydrogens (tertiary/aromatic N) is 2. The molecule has 0 amide bonds. The number of nitroso groups, excluding NO2 is 1. The van der Waals surface area contributed by atoms with Crippen LogP contribution in [0.25, 0.3) is 0 Å². The van der Waals surface area contributed by atoms with Crippen molar-refractivity contribution in [3.05, 3.63) is 40.3 Å². The molecule has 0 fully saturated rings. The van der Waals surface area contributed by atoms with Crippen molar-refractivity contribution in [2.75, 3.05) is 0 Å². The topological polar surface area (TPSA) is 32.7 Å². The van der Waals surface area contributed by atoms with Gasteiger partial charge in [-0.2, -0.15) is 0 Å². The van der Waals surface area contributed by atoms with Crippen molar-refractivity contribution in [1.29, 1.82) is 0 Å². The third kappa shape index (κ3) is 0.981. The lowest BCUT2D eigenvalue weighted by atomic mass is 10.1. The molecule has 0 spiro atoms. The van der Waals surface area contributed by atoms with Gasteiger partial charge in [0.25, 0.3) is 0 Å². The molecule has 0 aromatic heterocycles. The van der Waals surface area contributed by atoms with E-state index < -0.39 is 0 Å². The zero-order valence-electron chi connectivity index (χ0n) is 6.03. The van der Waals surface area contributed by atoms with E-state index in [0.717, 1.165) is 0 Å². The lowest BCUT2D eigenvalue weighted by Crippen LogP contribution is -2.05. The molecular formula is C8H8N2O. The molecular weight excluding hydrogens is 140 g/mol. The maximum atomic E-state index is 10.2. The smallest absolute Gasteiger partial charge is 0.0650 e. The highest BCUT2D eigenvalue weighted by molar-refractivity contribution is 5.29. The Labute approximate surface area is 64.6 Å². The summed E-state index contributed by atoms with van der Waals surface area (Å²) in [6.45, 7) is 1.33. The summed E-state index contributed by atoms with van der Waals surface area (Å²) in [7, 11) is 0. The SMILES string of the molecule is O=NN1Cc2ccccc2C1. The molecule has 0 bridgehead atoms. The van der Waals surface area contributed by atoms with Gasteiger partial charge in [0.1, 0.15) is 0 Å². The Kier molecular flexibility index (Phi) is 1.35. The molecule has 0 N–H and O–H groups in total. The van der Waals surface area contributed by atoms with Crippen LogP contribution in [0.15, 0.2) is 29.6 Å². The van der Waals surface area contributed by atoms with Gasteiger partial charge in [-0.3, -0.25) is 5.01 Å². The first-order valence-electron chi connectivity index (χ1n) is 3.55. The van der Waals surface area contributed by atoms with Gasteiger partial charge in [-0.1, -0.05) is 24.3 Å². The van der Waals surface area contributed by atoms with Gasteiger partial charge in [-0.05, 0) is 11.1 Å². The van der Waals surface area contributed by atoms with Gasteiger partial charge in [0.15, 0.2) is 0 Å². The summed E-state index contributed by atoms with van der Waals surface area (Å²) >= 11 is 0. The second-order valence-corrected chi connectivity index (χ2v) is 2.67. The second kappa shape index (κ2) is 2.34. The van der Waals surface area contributed by atoms with E-state index in [0.29, 0.717) is 13.1 Å². The summed E-state index contributed by atoms with van der Waals surface area (Å²) in [4.78, 5) is 10.2. The number of benzene rings is 1. The second-order valence-electron chi connectivity index (χ2n) is 2.67. The van der Waals surface area contributed by atoms with Gasteiger partial charge in [-0.15, -0.1) is 4.91 Å². The van der Waals surface area contributed by atoms with E-state index in [1.807, 2.05) is 24.3 Å². The van der Waals surface area contributed by atoms with E-state index in [2.05, 4.69) is 5.29 Å². The van der Waals surface area contributed by atoms with E-state index >= 15 is 0 Å². The van der Waals surface area contributed by atoms with E-state index in [9.17, 15) is 4.91 Å². The molecule has 1 aliphatic rings. The average Bonchev–Trinajstić information content (AvgIpc) is 2.46. The molecule has 3 heteroatoms. The van der Waals surface area contributed by atoms with Crippen LogP contribution in [-0.2, 0) is 13.1 Å². The highest BCUT2D eigenvalue weighted by atomic mass is 16.3. The zero-order chi connectivity index (χ0) is 7.68. The summed E-state index contributed by atoms with van der Waals surface area (Å²) in [5.74, 6) is 0. The third-order valence-electron chi connectivity index (χ3n) is 1.94. The summed E-state index contributed by atoms with van der Waals surface area (Å²) in [5, 5.41) is 4.40. The zero-order valence-corrected chi connectivity index (χ0v) is 6.03. The average molecular weight is 148 g/mol. The molecule has 0 atom stereocenters. The van der Waals surface area contributed by atoms with Gasteiger partial charge in [0.05, 0.1) is 18.4 Å². The van der Waals surface area contributed by atoms with Gasteiger partial charge in [-0.25, -0.2) is 0 Å². The lowest BCUT2D eigenvalue weighted by Gasteiger charge is -2.01. The van der Waals surface area contributed by atoms with Crippen LogP contribution >= 0.6 is 0 Å². The molecule has 0 unspecified atom stereocenters. The Balaban J connectivity index is 2.33. The fraction of sp³-hybridized carbons (Fsp3) is 0.250. The highest BCUT2D eigenvalue weighted by Crippen LogP contribution is 2.21. The molecule has 0 aliphatic carbocycles. The van der Waals surface area contributed by atoms with Gasteiger partial charge >= 0.3 is 0 Å². The summed E-state index contributed by atoms with van der Waals surface area (Å²) < 4.78 is 0. The van der Waals surface area contributed by atoms with E-state index in [-0.39, 0.29) is 0 Å². The molecule has 2 rings (SSSR count). The normalized spacial score (nSPS) is 14.7. The number of hydrogen-bond donors (Lipinski definition) is 0. The summed E-state index contributed by atoms with van der Waals surface area (Å²) in [6, 6.07) is 8.02. The molecule has 1 aliphatic heterocycles. The fourth-order valence-corrected chi connectivity index (χ4v) is 1.37. The monoisotopic (exact) mass is 148 g/mol. The van der Waals surface area contributed by atoms with Gasteiger partial charge < -0.3 is 0 Å². The standard InChI is InChI=1S/C8H8N2O/c11-9-10-5-7-3-1-2-4-8(7)6-10/h1-4H,5-6H2. The molecule has 11 heavy (non-hydrogen) atoms. The highest BCUT2D eigenvalue weighted by Gasteiger charge is 2.16. The molecule has 0 radical (unpaired) electrons.